The smallest absolute Gasteiger partial charge is 0.160 e. The van der Waals surface area contributed by atoms with E-state index in [1.165, 1.54) is 90.7 Å². The van der Waals surface area contributed by atoms with Gasteiger partial charge in [0.05, 0.1) is 4.88 Å². The van der Waals surface area contributed by atoms with Crippen molar-refractivity contribution in [3.8, 4) is 9.75 Å². The van der Waals surface area contributed by atoms with E-state index in [0.717, 1.165) is 17.1 Å². The van der Waals surface area contributed by atoms with Crippen LogP contribution in [0.3, 0.4) is 0 Å². The molecule has 2 aromatic rings. The quantitative estimate of drug-likeness (QED) is 0.486. The monoisotopic (exact) mass is 386 g/mol. The number of hydrogen-bond acceptors (Lipinski definition) is 3. The lowest BCUT2D eigenvalue weighted by Crippen LogP contribution is -2.06. The van der Waals surface area contributed by atoms with E-state index < -0.39 is 0 Å². The van der Waals surface area contributed by atoms with Crippen LogP contribution in [0.2, 0.25) is 0 Å². The standard InChI is InChI=1S/C23H30OS2/c1-15-19(17-9-5-3-6-10-17)14-25-22(15)23-21(16(2)20(13-24)26-23)18-11-7-4-8-12-18/h13-14,17-18H,3-12H2,1-2H3. The van der Waals surface area contributed by atoms with Gasteiger partial charge in [0.25, 0.3) is 0 Å². The highest BCUT2D eigenvalue weighted by Crippen LogP contribution is 2.49. The van der Waals surface area contributed by atoms with Gasteiger partial charge in [0.1, 0.15) is 0 Å². The van der Waals surface area contributed by atoms with Crippen LogP contribution >= 0.6 is 22.7 Å². The predicted molar refractivity (Wildman–Crippen MR) is 114 cm³/mol. The van der Waals surface area contributed by atoms with E-state index in [2.05, 4.69) is 19.2 Å². The largest absolute Gasteiger partial charge is 0.297 e. The highest BCUT2D eigenvalue weighted by molar-refractivity contribution is 7.22. The van der Waals surface area contributed by atoms with Crippen molar-refractivity contribution in [1.82, 2.24) is 0 Å². The molecule has 0 aliphatic heterocycles. The second kappa shape index (κ2) is 7.98. The summed E-state index contributed by atoms with van der Waals surface area (Å²) in [7, 11) is 0. The molecule has 26 heavy (non-hydrogen) atoms. The van der Waals surface area contributed by atoms with Crippen LogP contribution in [0.4, 0.5) is 0 Å². The lowest BCUT2D eigenvalue weighted by Gasteiger charge is -2.24. The Hall–Kier alpha value is -0.930. The zero-order chi connectivity index (χ0) is 18.1. The minimum Gasteiger partial charge on any atom is -0.297 e. The molecule has 2 aliphatic rings. The molecule has 2 aromatic heterocycles. The van der Waals surface area contributed by atoms with Gasteiger partial charge in [0.2, 0.25) is 0 Å². The molecule has 0 saturated heterocycles. The average Bonchev–Trinajstić information content (AvgIpc) is 3.22. The first-order valence-corrected chi connectivity index (χ1v) is 12.1. The molecule has 0 aromatic carbocycles. The Morgan fingerprint density at radius 2 is 1.46 bits per heavy atom. The summed E-state index contributed by atoms with van der Waals surface area (Å²) in [5.41, 5.74) is 5.87. The van der Waals surface area contributed by atoms with E-state index in [0.29, 0.717) is 5.92 Å². The topological polar surface area (TPSA) is 17.1 Å². The Morgan fingerprint density at radius 1 is 0.846 bits per heavy atom. The molecule has 0 radical (unpaired) electrons. The fourth-order valence-corrected chi connectivity index (χ4v) is 7.78. The Kier molecular flexibility index (Phi) is 5.66. The van der Waals surface area contributed by atoms with E-state index in [1.807, 2.05) is 11.3 Å². The minimum absolute atomic E-state index is 0.656. The van der Waals surface area contributed by atoms with Gasteiger partial charge in [-0.15, -0.1) is 22.7 Å². The molecule has 0 spiro atoms. The van der Waals surface area contributed by atoms with Gasteiger partial charge in [-0.1, -0.05) is 38.5 Å². The number of carbonyl (C=O) groups is 1. The van der Waals surface area contributed by atoms with Crippen molar-refractivity contribution in [3.63, 3.8) is 0 Å². The number of carbonyl (C=O) groups excluding carboxylic acids is 1. The van der Waals surface area contributed by atoms with Crippen LogP contribution in [0.5, 0.6) is 0 Å². The Labute approximate surface area is 165 Å². The summed E-state index contributed by atoms with van der Waals surface area (Å²) >= 11 is 3.68. The lowest BCUT2D eigenvalue weighted by atomic mass is 9.81. The first kappa shape index (κ1) is 18.4. The second-order valence-corrected chi connectivity index (χ2v) is 10.2. The van der Waals surface area contributed by atoms with E-state index >= 15 is 0 Å². The van der Waals surface area contributed by atoms with Gasteiger partial charge < -0.3 is 0 Å². The lowest BCUT2D eigenvalue weighted by molar-refractivity contribution is 0.112. The molecule has 2 heterocycles. The zero-order valence-corrected chi connectivity index (χ0v) is 17.7. The maximum Gasteiger partial charge on any atom is 0.160 e. The van der Waals surface area contributed by atoms with Gasteiger partial charge in [-0.25, -0.2) is 0 Å². The summed E-state index contributed by atoms with van der Waals surface area (Å²) in [5.74, 6) is 1.42. The van der Waals surface area contributed by atoms with E-state index in [9.17, 15) is 4.79 Å². The normalized spacial score (nSPS) is 19.8. The Balaban J connectivity index is 1.75. The van der Waals surface area contributed by atoms with Crippen molar-refractivity contribution in [1.29, 1.82) is 0 Å². The van der Waals surface area contributed by atoms with Crippen LogP contribution < -0.4 is 0 Å². The maximum absolute atomic E-state index is 11.7. The third-order valence-electron chi connectivity index (χ3n) is 6.68. The minimum atomic E-state index is 0.656. The highest BCUT2D eigenvalue weighted by atomic mass is 32.1. The molecule has 2 saturated carbocycles. The van der Waals surface area contributed by atoms with Crippen molar-refractivity contribution in [3.05, 3.63) is 32.5 Å². The first-order valence-electron chi connectivity index (χ1n) is 10.4. The summed E-state index contributed by atoms with van der Waals surface area (Å²) in [6.07, 6.45) is 14.6. The van der Waals surface area contributed by atoms with Gasteiger partial charge in [0.15, 0.2) is 6.29 Å². The fourth-order valence-electron chi connectivity index (χ4n) is 5.18. The molecule has 2 aliphatic carbocycles. The van der Waals surface area contributed by atoms with Gasteiger partial charge in [0, 0.05) is 9.75 Å². The molecule has 0 amide bonds. The van der Waals surface area contributed by atoms with Crippen LogP contribution in [0.1, 0.15) is 108 Å². The number of rotatable bonds is 4. The Bertz CT molecular complexity index is 770. The molecule has 3 heteroatoms. The van der Waals surface area contributed by atoms with Crippen LogP contribution in [0, 0.1) is 13.8 Å². The van der Waals surface area contributed by atoms with Crippen molar-refractivity contribution in [2.24, 2.45) is 0 Å². The van der Waals surface area contributed by atoms with E-state index in [4.69, 9.17) is 0 Å². The number of thiophene rings is 2. The molecule has 1 nitrogen and oxygen atoms in total. The zero-order valence-electron chi connectivity index (χ0n) is 16.1. The average molecular weight is 387 g/mol. The van der Waals surface area contributed by atoms with Crippen LogP contribution in [0.15, 0.2) is 5.38 Å². The maximum atomic E-state index is 11.7. The predicted octanol–water partition coefficient (Wildman–Crippen LogP) is 8.00. The van der Waals surface area contributed by atoms with Crippen molar-refractivity contribution >= 4 is 29.0 Å². The number of aldehydes is 1. The van der Waals surface area contributed by atoms with Crippen LogP contribution in [-0.2, 0) is 0 Å². The van der Waals surface area contributed by atoms with Crippen molar-refractivity contribution in [2.45, 2.75) is 89.9 Å². The van der Waals surface area contributed by atoms with E-state index in [-0.39, 0.29) is 0 Å². The molecule has 0 unspecified atom stereocenters. The molecule has 0 bridgehead atoms. The summed E-state index contributed by atoms with van der Waals surface area (Å²) in [6.45, 7) is 4.51. The second-order valence-electron chi connectivity index (χ2n) is 8.27. The molecular weight excluding hydrogens is 356 g/mol. The van der Waals surface area contributed by atoms with E-state index in [1.54, 1.807) is 16.9 Å². The van der Waals surface area contributed by atoms with Crippen LogP contribution in [0.25, 0.3) is 9.75 Å². The van der Waals surface area contributed by atoms with Gasteiger partial charge >= 0.3 is 0 Å². The first-order chi connectivity index (χ1) is 12.7. The van der Waals surface area contributed by atoms with Gasteiger partial charge in [-0.2, -0.15) is 0 Å². The Morgan fingerprint density at radius 3 is 2.08 bits per heavy atom. The molecule has 0 atom stereocenters. The highest BCUT2D eigenvalue weighted by Gasteiger charge is 2.28. The summed E-state index contributed by atoms with van der Waals surface area (Å²) in [5, 5.41) is 2.43. The summed E-state index contributed by atoms with van der Waals surface area (Å²) < 4.78 is 0. The third-order valence-corrected chi connectivity index (χ3v) is 9.18. The molecule has 2 fully saturated rings. The third kappa shape index (κ3) is 3.33. The van der Waals surface area contributed by atoms with Gasteiger partial charge in [-0.3, -0.25) is 4.79 Å². The molecular formula is C23H30OS2. The molecule has 140 valence electrons. The van der Waals surface area contributed by atoms with Crippen LogP contribution in [-0.4, -0.2) is 6.29 Å². The fraction of sp³-hybridized carbons (Fsp3) is 0.609. The number of hydrogen-bond donors (Lipinski definition) is 0. The van der Waals surface area contributed by atoms with Crippen molar-refractivity contribution in [2.75, 3.05) is 0 Å². The summed E-state index contributed by atoms with van der Waals surface area (Å²) in [6, 6.07) is 0. The molecule has 0 N–H and O–H groups in total. The van der Waals surface area contributed by atoms with Crippen molar-refractivity contribution < 1.29 is 4.79 Å². The van der Waals surface area contributed by atoms with Gasteiger partial charge in [-0.05, 0) is 79.0 Å². The molecule has 4 rings (SSSR count). The summed E-state index contributed by atoms with van der Waals surface area (Å²) in [4.78, 5) is 15.5. The SMILES string of the molecule is Cc1c(C2CCCCC2)csc1-c1sc(C=O)c(C)c1C1CCCCC1.